The van der Waals surface area contributed by atoms with E-state index in [9.17, 15) is 4.79 Å². The summed E-state index contributed by atoms with van der Waals surface area (Å²) >= 11 is 0. The Morgan fingerprint density at radius 2 is 1.48 bits per heavy atom. The van der Waals surface area contributed by atoms with Gasteiger partial charge >= 0.3 is 0 Å². The third-order valence-electron chi connectivity index (χ3n) is 7.39. The third-order valence-corrected chi connectivity index (χ3v) is 7.39. The van der Waals surface area contributed by atoms with Gasteiger partial charge in [-0.3, -0.25) is 9.69 Å². The van der Waals surface area contributed by atoms with Gasteiger partial charge in [0.25, 0.3) is 5.91 Å². The monoisotopic (exact) mass is 440 g/mol. The summed E-state index contributed by atoms with van der Waals surface area (Å²) in [6.07, 6.45) is 2.34. The van der Waals surface area contributed by atoms with Gasteiger partial charge < -0.3 is 9.64 Å². The summed E-state index contributed by atoms with van der Waals surface area (Å²) in [5.74, 6) is 1.78. The van der Waals surface area contributed by atoms with Crippen LogP contribution in [-0.2, 0) is 0 Å². The standard InChI is InChI=1S/C29H32N2O2/c1-33-26-14-8-13-25(19-26)29(32)31-20-27(24-11-6-3-7-12-24)28(21-31)30-17-15-23(16-18-30)22-9-4-2-5-10-22/h2-14,19,23,27-28H,15-18,20-21H2,1H3/t27-,28+/m0/s1. The molecule has 0 unspecified atom stereocenters. The molecule has 4 heteroatoms. The molecule has 0 bridgehead atoms. The van der Waals surface area contributed by atoms with Crippen LogP contribution in [0.5, 0.6) is 5.75 Å². The van der Waals surface area contributed by atoms with E-state index in [1.165, 1.54) is 24.0 Å². The molecular formula is C29H32N2O2. The number of ether oxygens (including phenoxy) is 1. The maximum absolute atomic E-state index is 13.4. The highest BCUT2D eigenvalue weighted by Gasteiger charge is 2.40. The number of piperidine rings is 1. The minimum atomic E-state index is 0.0940. The van der Waals surface area contributed by atoms with Crippen molar-refractivity contribution in [3.8, 4) is 5.75 Å². The SMILES string of the molecule is COc1cccc(C(=O)N2C[C@@H](N3CCC(c4ccccc4)CC3)[C@H](c3ccccc3)C2)c1. The second-order valence-electron chi connectivity index (χ2n) is 9.25. The Balaban J connectivity index is 1.34. The van der Waals surface area contributed by atoms with Crippen LogP contribution in [-0.4, -0.2) is 55.0 Å². The normalized spacial score (nSPS) is 21.8. The molecule has 0 N–H and O–H groups in total. The van der Waals surface area contributed by atoms with Crippen LogP contribution in [0, 0.1) is 0 Å². The van der Waals surface area contributed by atoms with Crippen LogP contribution in [0.15, 0.2) is 84.9 Å². The molecule has 4 nitrogen and oxygen atoms in total. The van der Waals surface area contributed by atoms with Gasteiger partial charge in [-0.1, -0.05) is 66.7 Å². The van der Waals surface area contributed by atoms with E-state index in [4.69, 9.17) is 4.74 Å². The number of amides is 1. The van der Waals surface area contributed by atoms with Gasteiger partial charge in [0.15, 0.2) is 0 Å². The predicted octanol–water partition coefficient (Wildman–Crippen LogP) is 5.18. The molecule has 0 aliphatic carbocycles. The number of likely N-dealkylation sites (tertiary alicyclic amines) is 2. The molecule has 0 spiro atoms. The number of hydrogen-bond acceptors (Lipinski definition) is 3. The number of benzene rings is 3. The van der Waals surface area contributed by atoms with Crippen LogP contribution in [0.3, 0.4) is 0 Å². The van der Waals surface area contributed by atoms with Gasteiger partial charge in [0.05, 0.1) is 7.11 Å². The molecule has 3 aromatic rings. The molecule has 0 saturated carbocycles. The van der Waals surface area contributed by atoms with E-state index in [0.717, 1.165) is 31.9 Å². The molecule has 3 aromatic carbocycles. The minimum Gasteiger partial charge on any atom is -0.497 e. The van der Waals surface area contributed by atoms with Crippen LogP contribution in [0.4, 0.5) is 0 Å². The van der Waals surface area contributed by atoms with E-state index in [2.05, 4.69) is 65.6 Å². The topological polar surface area (TPSA) is 32.8 Å². The lowest BCUT2D eigenvalue weighted by Gasteiger charge is -2.38. The Bertz CT molecular complexity index is 1060. The summed E-state index contributed by atoms with van der Waals surface area (Å²) in [5.41, 5.74) is 3.48. The summed E-state index contributed by atoms with van der Waals surface area (Å²) < 4.78 is 5.34. The number of methoxy groups -OCH3 is 1. The summed E-state index contributed by atoms with van der Waals surface area (Å²) in [6.45, 7) is 3.68. The maximum atomic E-state index is 13.4. The second kappa shape index (κ2) is 9.80. The van der Waals surface area contributed by atoms with Gasteiger partial charge in [-0.25, -0.2) is 0 Å². The first kappa shape index (κ1) is 21.7. The van der Waals surface area contributed by atoms with E-state index >= 15 is 0 Å². The summed E-state index contributed by atoms with van der Waals surface area (Å²) in [4.78, 5) is 18.1. The molecule has 2 saturated heterocycles. The Morgan fingerprint density at radius 3 is 2.15 bits per heavy atom. The van der Waals surface area contributed by atoms with Crippen molar-refractivity contribution in [3.63, 3.8) is 0 Å². The lowest BCUT2D eigenvalue weighted by molar-refractivity contribution is 0.0769. The zero-order valence-electron chi connectivity index (χ0n) is 19.3. The van der Waals surface area contributed by atoms with Crippen LogP contribution >= 0.6 is 0 Å². The van der Waals surface area contributed by atoms with E-state index in [1.807, 2.05) is 29.2 Å². The maximum Gasteiger partial charge on any atom is 0.254 e. The van der Waals surface area contributed by atoms with Crippen molar-refractivity contribution in [2.24, 2.45) is 0 Å². The van der Waals surface area contributed by atoms with Gasteiger partial charge in [-0.2, -0.15) is 0 Å². The molecule has 2 heterocycles. The molecule has 2 fully saturated rings. The highest BCUT2D eigenvalue weighted by molar-refractivity contribution is 5.95. The number of rotatable bonds is 5. The van der Waals surface area contributed by atoms with E-state index in [1.54, 1.807) is 7.11 Å². The third kappa shape index (κ3) is 4.67. The average molecular weight is 441 g/mol. The number of carbonyl (C=O) groups excluding carboxylic acids is 1. The number of nitrogens with zero attached hydrogens (tertiary/aromatic N) is 2. The first-order valence-electron chi connectivity index (χ1n) is 12.0. The summed E-state index contributed by atoms with van der Waals surface area (Å²) in [6, 6.07) is 29.5. The highest BCUT2D eigenvalue weighted by Crippen LogP contribution is 2.36. The molecule has 2 atom stereocenters. The molecule has 2 aliphatic rings. The van der Waals surface area contributed by atoms with Gasteiger partial charge in [0.1, 0.15) is 5.75 Å². The van der Waals surface area contributed by atoms with Gasteiger partial charge in [0, 0.05) is 30.6 Å². The van der Waals surface area contributed by atoms with Crippen molar-refractivity contribution in [1.82, 2.24) is 9.80 Å². The molecule has 5 rings (SSSR count). The van der Waals surface area contributed by atoms with Crippen molar-refractivity contribution in [2.45, 2.75) is 30.7 Å². The quantitative estimate of drug-likeness (QED) is 0.548. The van der Waals surface area contributed by atoms with Crippen molar-refractivity contribution in [2.75, 3.05) is 33.3 Å². The van der Waals surface area contributed by atoms with Gasteiger partial charge in [-0.15, -0.1) is 0 Å². The number of hydrogen-bond donors (Lipinski definition) is 0. The van der Waals surface area contributed by atoms with Gasteiger partial charge in [0.2, 0.25) is 0 Å². The van der Waals surface area contributed by atoms with Crippen LogP contribution < -0.4 is 4.74 Å². The van der Waals surface area contributed by atoms with Crippen molar-refractivity contribution in [3.05, 3.63) is 102 Å². The minimum absolute atomic E-state index is 0.0940. The Hall–Kier alpha value is -3.11. The lowest BCUT2D eigenvalue weighted by atomic mass is 9.87. The smallest absolute Gasteiger partial charge is 0.254 e. The van der Waals surface area contributed by atoms with Crippen molar-refractivity contribution in [1.29, 1.82) is 0 Å². The first-order valence-corrected chi connectivity index (χ1v) is 12.0. The second-order valence-corrected chi connectivity index (χ2v) is 9.25. The summed E-state index contributed by atoms with van der Waals surface area (Å²) in [7, 11) is 1.64. The lowest BCUT2D eigenvalue weighted by Crippen LogP contribution is -2.45. The fourth-order valence-electron chi connectivity index (χ4n) is 5.58. The zero-order chi connectivity index (χ0) is 22.6. The zero-order valence-corrected chi connectivity index (χ0v) is 19.3. The molecule has 170 valence electrons. The van der Waals surface area contributed by atoms with E-state index < -0.39 is 0 Å². The largest absolute Gasteiger partial charge is 0.497 e. The van der Waals surface area contributed by atoms with Gasteiger partial charge in [-0.05, 0) is 61.2 Å². The van der Waals surface area contributed by atoms with E-state index in [-0.39, 0.29) is 5.91 Å². The fraction of sp³-hybridized carbons (Fsp3) is 0.345. The van der Waals surface area contributed by atoms with Crippen LogP contribution in [0.25, 0.3) is 0 Å². The Kier molecular flexibility index (Phi) is 6.45. The van der Waals surface area contributed by atoms with Crippen molar-refractivity contribution >= 4 is 5.91 Å². The molecule has 2 aliphatic heterocycles. The molecule has 0 aromatic heterocycles. The summed E-state index contributed by atoms with van der Waals surface area (Å²) in [5, 5.41) is 0. The van der Waals surface area contributed by atoms with Crippen LogP contribution in [0.2, 0.25) is 0 Å². The highest BCUT2D eigenvalue weighted by atomic mass is 16.5. The Labute approximate surface area is 196 Å². The molecule has 0 radical (unpaired) electrons. The first-order chi connectivity index (χ1) is 16.2. The molecular weight excluding hydrogens is 408 g/mol. The number of carbonyl (C=O) groups is 1. The van der Waals surface area contributed by atoms with Crippen LogP contribution in [0.1, 0.15) is 46.2 Å². The predicted molar refractivity (Wildman–Crippen MR) is 132 cm³/mol. The van der Waals surface area contributed by atoms with Crippen molar-refractivity contribution < 1.29 is 9.53 Å². The molecule has 1 amide bonds. The molecule has 33 heavy (non-hydrogen) atoms. The Morgan fingerprint density at radius 1 is 0.818 bits per heavy atom. The fourth-order valence-corrected chi connectivity index (χ4v) is 5.58. The average Bonchev–Trinajstić information content (AvgIpc) is 3.35. The van der Waals surface area contributed by atoms with E-state index in [0.29, 0.717) is 23.4 Å².